The van der Waals surface area contributed by atoms with E-state index >= 15 is 0 Å². The lowest BCUT2D eigenvalue weighted by Crippen LogP contribution is -2.02. The number of phenols is 1. The van der Waals surface area contributed by atoms with Gasteiger partial charge in [0.05, 0.1) is 0 Å². The Morgan fingerprint density at radius 1 is 1.14 bits per heavy atom. The number of nitrogens with zero attached hydrogens (tertiary/aromatic N) is 3. The number of carbonyl (C=O) groups is 1. The number of fused-ring (bicyclic) bond motifs is 1. The predicted molar refractivity (Wildman–Crippen MR) is 79.7 cm³/mol. The molecule has 0 fully saturated rings. The van der Waals surface area contributed by atoms with Gasteiger partial charge in [0.25, 0.3) is 0 Å². The molecular weight excluding hydrogens is 266 g/mol. The van der Waals surface area contributed by atoms with Gasteiger partial charge >= 0.3 is 0 Å². The van der Waals surface area contributed by atoms with Gasteiger partial charge in [-0.3, -0.25) is 4.79 Å². The van der Waals surface area contributed by atoms with Crippen LogP contribution in [0, 0.1) is 0 Å². The molecule has 5 nitrogen and oxygen atoms in total. The zero-order valence-electron chi connectivity index (χ0n) is 11.4. The summed E-state index contributed by atoms with van der Waals surface area (Å²) in [6, 6.07) is 12.0. The van der Waals surface area contributed by atoms with Crippen molar-refractivity contribution in [3.05, 3.63) is 60.2 Å². The molecule has 3 rings (SSSR count). The highest BCUT2D eigenvalue weighted by atomic mass is 16.3. The Kier molecular flexibility index (Phi) is 3.23. The molecule has 0 amide bonds. The molecule has 0 saturated heterocycles. The summed E-state index contributed by atoms with van der Waals surface area (Å²) in [5, 5.41) is 18.6. The second kappa shape index (κ2) is 5.20. The van der Waals surface area contributed by atoms with Gasteiger partial charge in [0.15, 0.2) is 5.78 Å². The highest BCUT2D eigenvalue weighted by Crippen LogP contribution is 2.23. The number of hydrogen-bond acceptors (Lipinski definition) is 4. The lowest BCUT2D eigenvalue weighted by Gasteiger charge is -2.04. The van der Waals surface area contributed by atoms with Gasteiger partial charge in [0, 0.05) is 5.56 Å². The second-order valence-corrected chi connectivity index (χ2v) is 4.55. The summed E-state index contributed by atoms with van der Waals surface area (Å²) >= 11 is 0. The van der Waals surface area contributed by atoms with Crippen LogP contribution in [0.15, 0.2) is 54.6 Å². The Hall–Kier alpha value is -2.95. The van der Waals surface area contributed by atoms with E-state index in [0.717, 1.165) is 11.0 Å². The van der Waals surface area contributed by atoms with Gasteiger partial charge in [-0.15, -0.1) is 15.0 Å². The molecule has 1 aromatic heterocycles. The molecular formula is C16H13N3O2. The van der Waals surface area contributed by atoms with Gasteiger partial charge in [-0.2, -0.15) is 0 Å². The zero-order valence-corrected chi connectivity index (χ0v) is 11.4. The lowest BCUT2D eigenvalue weighted by molar-refractivity contribution is 0.104. The van der Waals surface area contributed by atoms with Crippen molar-refractivity contribution in [2.75, 3.05) is 0 Å². The molecule has 0 atom stereocenters. The third kappa shape index (κ3) is 2.41. The van der Waals surface area contributed by atoms with Gasteiger partial charge in [-0.25, -0.2) is 0 Å². The van der Waals surface area contributed by atoms with Crippen molar-refractivity contribution in [2.24, 2.45) is 0 Å². The maximum atomic E-state index is 11.9. The highest BCUT2D eigenvalue weighted by molar-refractivity contribution is 6.05. The molecule has 21 heavy (non-hydrogen) atoms. The van der Waals surface area contributed by atoms with Gasteiger partial charge in [-0.1, -0.05) is 18.2 Å². The van der Waals surface area contributed by atoms with Crippen LogP contribution in [-0.4, -0.2) is 25.9 Å². The quantitative estimate of drug-likeness (QED) is 0.591. The molecule has 0 aliphatic carbocycles. The Morgan fingerprint density at radius 2 is 1.81 bits per heavy atom. The molecule has 2 aromatic carbocycles. The number of hydrogen-bond donors (Lipinski definition) is 1. The summed E-state index contributed by atoms with van der Waals surface area (Å²) in [4.78, 5) is 13.2. The third-order valence-electron chi connectivity index (χ3n) is 3.08. The topological polar surface area (TPSA) is 68.0 Å². The number of ketones is 1. The predicted octanol–water partition coefficient (Wildman–Crippen LogP) is 2.88. The van der Waals surface area contributed by atoms with Crippen molar-refractivity contribution in [1.29, 1.82) is 0 Å². The molecule has 0 unspecified atom stereocenters. The summed E-state index contributed by atoms with van der Waals surface area (Å²) in [6.45, 7) is 1.78. The Balaban J connectivity index is 2.12. The van der Waals surface area contributed by atoms with Crippen LogP contribution < -0.4 is 0 Å². The van der Waals surface area contributed by atoms with Crippen molar-refractivity contribution in [1.82, 2.24) is 15.0 Å². The number of benzene rings is 2. The van der Waals surface area contributed by atoms with Gasteiger partial charge in [0.1, 0.15) is 22.5 Å². The van der Waals surface area contributed by atoms with Crippen LogP contribution >= 0.6 is 0 Å². The number of carbonyl (C=O) groups excluding carboxylic acids is 1. The Labute approximate surface area is 121 Å². The van der Waals surface area contributed by atoms with Gasteiger partial charge in [-0.05, 0) is 43.3 Å². The minimum atomic E-state index is -0.129. The molecule has 1 heterocycles. The zero-order chi connectivity index (χ0) is 14.8. The first-order valence-corrected chi connectivity index (χ1v) is 6.51. The van der Waals surface area contributed by atoms with Crippen LogP contribution in [0.2, 0.25) is 0 Å². The molecule has 0 aliphatic heterocycles. The average molecular weight is 279 g/mol. The minimum Gasteiger partial charge on any atom is -0.506 e. The third-order valence-corrected chi connectivity index (χ3v) is 3.08. The van der Waals surface area contributed by atoms with E-state index < -0.39 is 0 Å². The summed E-state index contributed by atoms with van der Waals surface area (Å²) in [5.41, 5.74) is 2.30. The molecule has 0 bridgehead atoms. The number of aromatic nitrogens is 3. The summed E-state index contributed by atoms with van der Waals surface area (Å²) in [5.74, 6) is -0.109. The lowest BCUT2D eigenvalue weighted by atomic mass is 10.1. The monoisotopic (exact) mass is 279 g/mol. The summed E-state index contributed by atoms with van der Waals surface area (Å²) in [6.07, 6.45) is 3.15. The second-order valence-electron chi connectivity index (χ2n) is 4.55. The molecule has 0 aliphatic rings. The summed E-state index contributed by atoms with van der Waals surface area (Å²) in [7, 11) is 0. The number of allylic oxidation sites excluding steroid dienone is 2. The van der Waals surface area contributed by atoms with E-state index in [-0.39, 0.29) is 11.5 Å². The maximum absolute atomic E-state index is 11.9. The van der Waals surface area contributed by atoms with E-state index in [2.05, 4.69) is 10.2 Å². The molecule has 3 aromatic rings. The van der Waals surface area contributed by atoms with E-state index in [1.165, 1.54) is 16.9 Å². The Morgan fingerprint density at radius 3 is 2.43 bits per heavy atom. The van der Waals surface area contributed by atoms with Crippen molar-refractivity contribution >= 4 is 16.8 Å². The fourth-order valence-electron chi connectivity index (χ4n) is 2.05. The SMILES string of the molecule is CC=CC(=O)c1ccc(O)c(-n2nc3ccccc3n2)c1. The van der Waals surface area contributed by atoms with E-state index in [1.54, 1.807) is 25.1 Å². The van der Waals surface area contributed by atoms with Gasteiger partial charge < -0.3 is 5.11 Å². The van der Waals surface area contributed by atoms with Crippen LogP contribution in [-0.2, 0) is 0 Å². The first-order valence-electron chi connectivity index (χ1n) is 6.51. The average Bonchev–Trinajstić information content (AvgIpc) is 2.91. The maximum Gasteiger partial charge on any atom is 0.185 e. The van der Waals surface area contributed by atoms with Gasteiger partial charge in [0.2, 0.25) is 0 Å². The first kappa shape index (κ1) is 13.1. The molecule has 1 N–H and O–H groups in total. The van der Waals surface area contributed by atoms with E-state index in [1.807, 2.05) is 24.3 Å². The molecule has 5 heteroatoms. The molecule has 0 saturated carbocycles. The number of aromatic hydroxyl groups is 1. The van der Waals surface area contributed by atoms with Crippen molar-refractivity contribution in [3.8, 4) is 11.4 Å². The minimum absolute atomic E-state index is 0.0207. The van der Waals surface area contributed by atoms with Crippen molar-refractivity contribution in [2.45, 2.75) is 6.92 Å². The number of rotatable bonds is 3. The molecule has 0 radical (unpaired) electrons. The van der Waals surface area contributed by atoms with Crippen LogP contribution in [0.1, 0.15) is 17.3 Å². The fraction of sp³-hybridized carbons (Fsp3) is 0.0625. The normalized spacial score (nSPS) is 11.3. The van der Waals surface area contributed by atoms with E-state index in [4.69, 9.17) is 0 Å². The van der Waals surface area contributed by atoms with E-state index in [0.29, 0.717) is 11.3 Å². The standard InChI is InChI=1S/C16H13N3O2/c1-2-5-15(20)11-8-9-16(21)14(10-11)19-17-12-6-3-4-7-13(12)18-19/h2-10,21H,1H3. The summed E-state index contributed by atoms with van der Waals surface area (Å²) < 4.78 is 0. The fourth-order valence-corrected chi connectivity index (χ4v) is 2.05. The van der Waals surface area contributed by atoms with Crippen LogP contribution in [0.5, 0.6) is 5.75 Å². The van der Waals surface area contributed by atoms with Crippen LogP contribution in [0.4, 0.5) is 0 Å². The van der Waals surface area contributed by atoms with E-state index in [9.17, 15) is 9.90 Å². The molecule has 104 valence electrons. The molecule has 0 spiro atoms. The van der Waals surface area contributed by atoms with Crippen molar-refractivity contribution < 1.29 is 9.90 Å². The smallest absolute Gasteiger partial charge is 0.185 e. The van der Waals surface area contributed by atoms with Crippen molar-refractivity contribution in [3.63, 3.8) is 0 Å². The highest BCUT2D eigenvalue weighted by Gasteiger charge is 2.11. The largest absolute Gasteiger partial charge is 0.506 e. The Bertz CT molecular complexity index is 817. The first-order chi connectivity index (χ1) is 10.2. The van der Waals surface area contributed by atoms with Crippen LogP contribution in [0.3, 0.4) is 0 Å². The van der Waals surface area contributed by atoms with Crippen LogP contribution in [0.25, 0.3) is 16.7 Å². The number of phenolic OH excluding ortho intramolecular Hbond substituents is 1.